The maximum Gasteiger partial charge on any atom is 0.141 e. The fourth-order valence-electron chi connectivity index (χ4n) is 2.38. The molecule has 4 heteroatoms. The lowest BCUT2D eigenvalue weighted by Gasteiger charge is -2.20. The Kier molecular flexibility index (Phi) is 2.97. The topological polar surface area (TPSA) is 37.5 Å². The third-order valence-electron chi connectivity index (χ3n) is 3.31. The fraction of sp³-hybridized carbons (Fsp3) is 0.462. The predicted octanol–water partition coefficient (Wildman–Crippen LogP) is 2.87. The first-order chi connectivity index (χ1) is 8.34. The lowest BCUT2D eigenvalue weighted by molar-refractivity contribution is 0.479. The minimum absolute atomic E-state index is 0.308. The average Bonchev–Trinajstić information content (AvgIpc) is 2.76. The molecule has 1 fully saturated rings. The zero-order valence-electron chi connectivity index (χ0n) is 9.67. The van der Waals surface area contributed by atoms with Crippen molar-refractivity contribution in [2.75, 3.05) is 5.75 Å². The van der Waals surface area contributed by atoms with E-state index in [2.05, 4.69) is 16.7 Å². The molecular formula is C13H16N2OS. The van der Waals surface area contributed by atoms with Crippen molar-refractivity contribution >= 4 is 17.3 Å². The van der Waals surface area contributed by atoms with Crippen molar-refractivity contribution in [3.8, 4) is 5.75 Å². The van der Waals surface area contributed by atoms with E-state index in [1.54, 1.807) is 12.3 Å². The van der Waals surface area contributed by atoms with Gasteiger partial charge >= 0.3 is 0 Å². The van der Waals surface area contributed by atoms with E-state index in [0.29, 0.717) is 11.0 Å². The van der Waals surface area contributed by atoms with Crippen molar-refractivity contribution < 1.29 is 5.11 Å². The summed E-state index contributed by atoms with van der Waals surface area (Å²) in [6.07, 6.45) is 8.72. The third-order valence-corrected chi connectivity index (χ3v) is 4.71. The molecule has 1 aliphatic heterocycles. The van der Waals surface area contributed by atoms with Crippen molar-refractivity contribution in [3.63, 3.8) is 0 Å². The molecule has 1 aliphatic rings. The van der Waals surface area contributed by atoms with Crippen LogP contribution >= 0.6 is 11.8 Å². The van der Waals surface area contributed by atoms with Crippen molar-refractivity contribution in [2.45, 2.75) is 30.9 Å². The van der Waals surface area contributed by atoms with Gasteiger partial charge in [0.15, 0.2) is 0 Å². The van der Waals surface area contributed by atoms with Gasteiger partial charge in [0.1, 0.15) is 17.1 Å². The molecule has 3 nitrogen and oxygen atoms in total. The summed E-state index contributed by atoms with van der Waals surface area (Å²) >= 11 is 2.06. The number of aromatic hydroxyl groups is 1. The van der Waals surface area contributed by atoms with E-state index in [4.69, 9.17) is 0 Å². The highest BCUT2D eigenvalue weighted by atomic mass is 32.2. The van der Waals surface area contributed by atoms with Crippen molar-refractivity contribution in [1.82, 2.24) is 9.38 Å². The third kappa shape index (κ3) is 2.14. The predicted molar refractivity (Wildman–Crippen MR) is 70.7 cm³/mol. The first-order valence-corrected chi connectivity index (χ1v) is 7.15. The minimum atomic E-state index is 0.308. The van der Waals surface area contributed by atoms with Gasteiger partial charge in [0.25, 0.3) is 0 Å². The van der Waals surface area contributed by atoms with Crippen LogP contribution in [0.3, 0.4) is 0 Å². The first kappa shape index (κ1) is 11.0. The molecule has 3 rings (SSSR count). The zero-order chi connectivity index (χ0) is 11.7. The monoisotopic (exact) mass is 248 g/mol. The number of imidazole rings is 1. The highest BCUT2D eigenvalue weighted by Crippen LogP contribution is 2.28. The minimum Gasteiger partial charge on any atom is -0.506 e. The zero-order valence-corrected chi connectivity index (χ0v) is 10.5. The van der Waals surface area contributed by atoms with Crippen LogP contribution in [0, 0.1) is 0 Å². The van der Waals surface area contributed by atoms with E-state index < -0.39 is 0 Å². The smallest absolute Gasteiger partial charge is 0.141 e. The summed E-state index contributed by atoms with van der Waals surface area (Å²) in [7, 11) is 0. The molecule has 0 aromatic carbocycles. The van der Waals surface area contributed by atoms with Crippen LogP contribution in [-0.2, 0) is 6.42 Å². The van der Waals surface area contributed by atoms with Gasteiger partial charge in [-0.3, -0.25) is 0 Å². The van der Waals surface area contributed by atoms with Gasteiger partial charge in [-0.2, -0.15) is 11.8 Å². The number of fused-ring (bicyclic) bond motifs is 1. The Morgan fingerprint density at radius 3 is 3.24 bits per heavy atom. The summed E-state index contributed by atoms with van der Waals surface area (Å²) < 4.78 is 2.00. The van der Waals surface area contributed by atoms with Crippen molar-refractivity contribution in [2.24, 2.45) is 0 Å². The van der Waals surface area contributed by atoms with Crippen LogP contribution in [0.4, 0.5) is 0 Å². The van der Waals surface area contributed by atoms with Gasteiger partial charge in [0.2, 0.25) is 0 Å². The molecule has 0 spiro atoms. The molecule has 0 aliphatic carbocycles. The highest BCUT2D eigenvalue weighted by molar-refractivity contribution is 7.99. The summed E-state index contributed by atoms with van der Waals surface area (Å²) in [5, 5.41) is 10.4. The number of thioether (sulfide) groups is 1. The normalized spacial score (nSPS) is 20.8. The molecule has 17 heavy (non-hydrogen) atoms. The highest BCUT2D eigenvalue weighted by Gasteiger charge is 2.17. The Labute approximate surface area is 105 Å². The van der Waals surface area contributed by atoms with E-state index in [-0.39, 0.29) is 0 Å². The molecule has 3 heterocycles. The molecule has 1 unspecified atom stereocenters. The van der Waals surface area contributed by atoms with Gasteiger partial charge in [0.05, 0.1) is 6.20 Å². The van der Waals surface area contributed by atoms with Crippen LogP contribution in [0.5, 0.6) is 5.75 Å². The van der Waals surface area contributed by atoms with Gasteiger partial charge in [-0.1, -0.05) is 6.42 Å². The van der Waals surface area contributed by atoms with E-state index in [0.717, 1.165) is 17.8 Å². The van der Waals surface area contributed by atoms with Gasteiger partial charge < -0.3 is 9.51 Å². The maximum absolute atomic E-state index is 9.72. The molecule has 1 atom stereocenters. The van der Waals surface area contributed by atoms with Crippen molar-refractivity contribution in [1.29, 1.82) is 0 Å². The Bertz CT molecular complexity index is 517. The standard InChI is InChI=1S/C13H16N2OS/c16-12-5-3-6-15-11(12)9-14-13(15)8-10-4-1-2-7-17-10/h3,5-6,9-10,16H,1-2,4,7-8H2. The Morgan fingerprint density at radius 2 is 2.41 bits per heavy atom. The largest absolute Gasteiger partial charge is 0.506 e. The number of hydrogen-bond acceptors (Lipinski definition) is 3. The second kappa shape index (κ2) is 4.61. The quantitative estimate of drug-likeness (QED) is 0.888. The molecule has 2 aromatic rings. The molecule has 0 amide bonds. The second-order valence-electron chi connectivity index (χ2n) is 4.52. The second-order valence-corrected chi connectivity index (χ2v) is 5.92. The van der Waals surface area contributed by atoms with Crippen LogP contribution in [-0.4, -0.2) is 25.5 Å². The van der Waals surface area contributed by atoms with Crippen LogP contribution in [0.2, 0.25) is 0 Å². The van der Waals surface area contributed by atoms with Gasteiger partial charge in [-0.05, 0) is 30.7 Å². The fourth-order valence-corrected chi connectivity index (χ4v) is 3.69. The Balaban J connectivity index is 1.87. The number of hydrogen-bond donors (Lipinski definition) is 1. The van der Waals surface area contributed by atoms with Gasteiger partial charge in [-0.15, -0.1) is 0 Å². The lowest BCUT2D eigenvalue weighted by atomic mass is 10.1. The lowest BCUT2D eigenvalue weighted by Crippen LogP contribution is -2.14. The van der Waals surface area contributed by atoms with Crippen LogP contribution < -0.4 is 0 Å². The van der Waals surface area contributed by atoms with E-state index in [9.17, 15) is 5.11 Å². The Hall–Kier alpha value is -1.16. The first-order valence-electron chi connectivity index (χ1n) is 6.10. The molecule has 0 bridgehead atoms. The van der Waals surface area contributed by atoms with Gasteiger partial charge in [-0.25, -0.2) is 4.98 Å². The number of aromatic nitrogens is 2. The molecule has 0 saturated carbocycles. The van der Waals surface area contributed by atoms with E-state index >= 15 is 0 Å². The summed E-state index contributed by atoms with van der Waals surface area (Å²) in [6.45, 7) is 0. The summed E-state index contributed by atoms with van der Waals surface area (Å²) in [6, 6.07) is 3.57. The van der Waals surface area contributed by atoms with E-state index in [1.165, 1.54) is 25.0 Å². The summed E-state index contributed by atoms with van der Waals surface area (Å²) in [5.41, 5.74) is 0.809. The molecule has 0 radical (unpaired) electrons. The molecule has 2 aromatic heterocycles. The van der Waals surface area contributed by atoms with Gasteiger partial charge in [0, 0.05) is 17.9 Å². The van der Waals surface area contributed by atoms with Crippen molar-refractivity contribution in [3.05, 3.63) is 30.4 Å². The number of nitrogens with zero attached hydrogens (tertiary/aromatic N) is 2. The number of rotatable bonds is 2. The number of pyridine rings is 1. The van der Waals surface area contributed by atoms with Crippen LogP contribution in [0.1, 0.15) is 25.1 Å². The molecular weight excluding hydrogens is 232 g/mol. The SMILES string of the molecule is Oc1cccn2c(CC3CCCCS3)ncc12. The van der Waals surface area contributed by atoms with E-state index in [1.807, 2.05) is 16.7 Å². The summed E-state index contributed by atoms with van der Waals surface area (Å²) in [4.78, 5) is 4.44. The maximum atomic E-state index is 9.72. The molecule has 90 valence electrons. The summed E-state index contributed by atoms with van der Waals surface area (Å²) in [5.74, 6) is 2.65. The van der Waals surface area contributed by atoms with Crippen LogP contribution in [0.25, 0.3) is 5.52 Å². The molecule has 1 N–H and O–H groups in total. The average molecular weight is 248 g/mol. The van der Waals surface area contributed by atoms with Crippen LogP contribution in [0.15, 0.2) is 24.5 Å². The Morgan fingerprint density at radius 1 is 1.47 bits per heavy atom. The molecule has 1 saturated heterocycles.